The van der Waals surface area contributed by atoms with Gasteiger partial charge < -0.3 is 5.32 Å². The molecule has 1 fully saturated rings. The summed E-state index contributed by atoms with van der Waals surface area (Å²) < 4.78 is 0. The zero-order valence-corrected chi connectivity index (χ0v) is 15.3. The van der Waals surface area contributed by atoms with E-state index < -0.39 is 0 Å². The Kier molecular flexibility index (Phi) is 7.01. The molecule has 24 heavy (non-hydrogen) atoms. The van der Waals surface area contributed by atoms with Crippen molar-refractivity contribution in [2.24, 2.45) is 17.8 Å². The first-order valence-corrected chi connectivity index (χ1v) is 9.36. The lowest BCUT2D eigenvalue weighted by molar-refractivity contribution is 0.0943. The summed E-state index contributed by atoms with van der Waals surface area (Å²) in [6.07, 6.45) is 8.29. The molecule has 3 nitrogen and oxygen atoms in total. The number of carbonyl (C=O) groups excluding carboxylic acids is 2. The van der Waals surface area contributed by atoms with Crippen LogP contribution >= 0.6 is 0 Å². The van der Waals surface area contributed by atoms with Crippen molar-refractivity contribution in [1.82, 2.24) is 5.32 Å². The third-order valence-corrected chi connectivity index (χ3v) is 5.14. The van der Waals surface area contributed by atoms with Gasteiger partial charge in [-0.15, -0.1) is 0 Å². The molecule has 0 unspecified atom stereocenters. The SMILES string of the molecule is CC(C)CNC(=O)c1cc(CCC2CCC(C)CC2)ccc1C=O. The molecule has 0 heterocycles. The topological polar surface area (TPSA) is 46.2 Å². The Bertz CT molecular complexity index is 557. The number of carbonyl (C=O) groups is 2. The van der Waals surface area contributed by atoms with Crippen molar-refractivity contribution in [3.05, 3.63) is 34.9 Å². The van der Waals surface area contributed by atoms with Crippen molar-refractivity contribution in [2.75, 3.05) is 6.54 Å². The number of hydrogen-bond acceptors (Lipinski definition) is 2. The van der Waals surface area contributed by atoms with Gasteiger partial charge in [-0.1, -0.05) is 58.6 Å². The Hall–Kier alpha value is -1.64. The molecule has 1 aliphatic carbocycles. The molecular weight excluding hydrogens is 298 g/mol. The van der Waals surface area contributed by atoms with Gasteiger partial charge in [0.1, 0.15) is 0 Å². The normalized spacial score (nSPS) is 20.8. The summed E-state index contributed by atoms with van der Waals surface area (Å²) >= 11 is 0. The molecule has 1 aliphatic rings. The van der Waals surface area contributed by atoms with Crippen LogP contribution in [0.4, 0.5) is 0 Å². The summed E-state index contributed by atoms with van der Waals surface area (Å²) in [4.78, 5) is 23.6. The number of amides is 1. The van der Waals surface area contributed by atoms with Crippen LogP contribution in [-0.4, -0.2) is 18.7 Å². The fourth-order valence-electron chi connectivity index (χ4n) is 3.44. The molecule has 0 atom stereocenters. The first-order chi connectivity index (χ1) is 11.5. The molecule has 0 spiro atoms. The highest BCUT2D eigenvalue weighted by atomic mass is 16.1. The smallest absolute Gasteiger partial charge is 0.252 e. The molecule has 1 N–H and O–H groups in total. The van der Waals surface area contributed by atoms with Crippen LogP contribution in [0.1, 0.15) is 79.2 Å². The van der Waals surface area contributed by atoms with Crippen LogP contribution in [0, 0.1) is 17.8 Å². The summed E-state index contributed by atoms with van der Waals surface area (Å²) in [5.74, 6) is 1.94. The van der Waals surface area contributed by atoms with Gasteiger partial charge in [-0.25, -0.2) is 0 Å². The van der Waals surface area contributed by atoms with E-state index in [1.807, 2.05) is 12.1 Å². The minimum Gasteiger partial charge on any atom is -0.352 e. The van der Waals surface area contributed by atoms with E-state index in [9.17, 15) is 9.59 Å². The zero-order chi connectivity index (χ0) is 17.5. The van der Waals surface area contributed by atoms with Crippen molar-refractivity contribution in [3.8, 4) is 0 Å². The van der Waals surface area contributed by atoms with Gasteiger partial charge in [-0.3, -0.25) is 9.59 Å². The molecule has 1 saturated carbocycles. The van der Waals surface area contributed by atoms with Gasteiger partial charge in [-0.05, 0) is 42.2 Å². The second-order valence-corrected chi connectivity index (χ2v) is 7.81. The van der Waals surface area contributed by atoms with Gasteiger partial charge in [0, 0.05) is 12.1 Å². The number of rotatable bonds is 7. The lowest BCUT2D eigenvalue weighted by Gasteiger charge is -2.26. The summed E-state index contributed by atoms with van der Waals surface area (Å²) in [7, 11) is 0. The zero-order valence-electron chi connectivity index (χ0n) is 15.3. The molecule has 0 aliphatic heterocycles. The van der Waals surface area contributed by atoms with Gasteiger partial charge in [0.25, 0.3) is 5.91 Å². The Morgan fingerprint density at radius 3 is 2.58 bits per heavy atom. The van der Waals surface area contributed by atoms with E-state index in [1.165, 1.54) is 32.1 Å². The highest BCUT2D eigenvalue weighted by molar-refractivity contribution is 6.01. The monoisotopic (exact) mass is 329 g/mol. The van der Waals surface area contributed by atoms with E-state index in [-0.39, 0.29) is 5.91 Å². The third kappa shape index (κ3) is 5.47. The van der Waals surface area contributed by atoms with Crippen molar-refractivity contribution < 1.29 is 9.59 Å². The van der Waals surface area contributed by atoms with E-state index in [2.05, 4.69) is 26.1 Å². The van der Waals surface area contributed by atoms with Gasteiger partial charge in [0.05, 0.1) is 5.56 Å². The van der Waals surface area contributed by atoms with Crippen LogP contribution in [0.25, 0.3) is 0 Å². The maximum Gasteiger partial charge on any atom is 0.252 e. The molecular formula is C21H31NO2. The first-order valence-electron chi connectivity index (χ1n) is 9.36. The highest BCUT2D eigenvalue weighted by Gasteiger charge is 2.18. The maximum atomic E-state index is 12.4. The largest absolute Gasteiger partial charge is 0.352 e. The van der Waals surface area contributed by atoms with E-state index in [0.717, 1.165) is 30.1 Å². The summed E-state index contributed by atoms with van der Waals surface area (Å²) in [6, 6.07) is 5.69. The van der Waals surface area contributed by atoms with Gasteiger partial charge >= 0.3 is 0 Å². The standard InChI is InChI=1S/C21H31NO2/c1-15(2)13-22-21(24)20-12-18(10-11-19(20)14-23)9-8-17-6-4-16(3)5-7-17/h10-12,14-17H,4-9,13H2,1-3H3,(H,22,24). The Morgan fingerprint density at radius 2 is 1.96 bits per heavy atom. The molecule has 132 valence electrons. The van der Waals surface area contributed by atoms with Crippen molar-refractivity contribution in [3.63, 3.8) is 0 Å². The van der Waals surface area contributed by atoms with Gasteiger partial charge in [0.2, 0.25) is 0 Å². The lowest BCUT2D eigenvalue weighted by Crippen LogP contribution is -2.28. The fourth-order valence-corrected chi connectivity index (χ4v) is 3.44. The molecule has 3 heteroatoms. The quantitative estimate of drug-likeness (QED) is 0.741. The molecule has 0 aromatic heterocycles. The molecule has 1 aromatic rings. The van der Waals surface area contributed by atoms with Crippen LogP contribution in [0.15, 0.2) is 18.2 Å². The van der Waals surface area contributed by atoms with Crippen LogP contribution in [0.2, 0.25) is 0 Å². The van der Waals surface area contributed by atoms with Gasteiger partial charge in [-0.2, -0.15) is 0 Å². The van der Waals surface area contributed by atoms with Crippen LogP contribution in [0.5, 0.6) is 0 Å². The number of aldehydes is 1. The number of benzene rings is 1. The van der Waals surface area contributed by atoms with Crippen molar-refractivity contribution in [1.29, 1.82) is 0 Å². The second-order valence-electron chi connectivity index (χ2n) is 7.81. The molecule has 2 rings (SSSR count). The van der Waals surface area contributed by atoms with Crippen LogP contribution in [0.3, 0.4) is 0 Å². The van der Waals surface area contributed by atoms with E-state index in [1.54, 1.807) is 6.07 Å². The Morgan fingerprint density at radius 1 is 1.25 bits per heavy atom. The first kappa shape index (κ1) is 18.7. The predicted molar refractivity (Wildman–Crippen MR) is 98.4 cm³/mol. The minimum atomic E-state index is -0.140. The number of nitrogens with one attached hydrogen (secondary N) is 1. The maximum absolute atomic E-state index is 12.4. The van der Waals surface area contributed by atoms with Crippen molar-refractivity contribution >= 4 is 12.2 Å². The van der Waals surface area contributed by atoms with Crippen LogP contribution < -0.4 is 5.32 Å². The third-order valence-electron chi connectivity index (χ3n) is 5.14. The minimum absolute atomic E-state index is 0.140. The summed E-state index contributed by atoms with van der Waals surface area (Å²) in [6.45, 7) is 7.09. The van der Waals surface area contributed by atoms with Gasteiger partial charge in [0.15, 0.2) is 6.29 Å². The average Bonchev–Trinajstić information content (AvgIpc) is 2.59. The Balaban J connectivity index is 1.99. The lowest BCUT2D eigenvalue weighted by atomic mass is 9.80. The van der Waals surface area contributed by atoms with E-state index in [0.29, 0.717) is 23.6 Å². The molecule has 0 saturated heterocycles. The van der Waals surface area contributed by atoms with Crippen molar-refractivity contribution in [2.45, 2.75) is 59.3 Å². The second kappa shape index (κ2) is 9.00. The Labute approximate surface area is 146 Å². The molecule has 1 amide bonds. The number of aryl methyl sites for hydroxylation is 1. The van der Waals surface area contributed by atoms with E-state index in [4.69, 9.17) is 0 Å². The molecule has 0 bridgehead atoms. The summed E-state index contributed by atoms with van der Waals surface area (Å²) in [5, 5.41) is 2.91. The molecule has 0 radical (unpaired) electrons. The predicted octanol–water partition coefficient (Wildman–Crippen LogP) is 4.64. The highest BCUT2D eigenvalue weighted by Crippen LogP contribution is 2.31. The van der Waals surface area contributed by atoms with Crippen LogP contribution in [-0.2, 0) is 6.42 Å². The fraction of sp³-hybridized carbons (Fsp3) is 0.619. The molecule has 1 aromatic carbocycles. The van der Waals surface area contributed by atoms with E-state index >= 15 is 0 Å². The average molecular weight is 329 g/mol. The number of hydrogen-bond donors (Lipinski definition) is 1. The summed E-state index contributed by atoms with van der Waals surface area (Å²) in [5.41, 5.74) is 2.15.